The average Bonchev–Trinajstić information content (AvgIpc) is 2.94. The molecule has 2 rings (SSSR count). The topological polar surface area (TPSA) is 62.3 Å². The Labute approximate surface area is 243 Å². The number of hydrogen-bond acceptors (Lipinski definition) is 3. The van der Waals surface area contributed by atoms with E-state index in [1.165, 1.54) is 24.5 Å². The Morgan fingerprint density at radius 2 is 1.00 bits per heavy atom. The maximum atomic E-state index is 14.3. The summed E-state index contributed by atoms with van der Waals surface area (Å²) in [5, 5.41) is 2.34. The standard InChI is InChI=1S/C22H16F19N3O2/c23-14(24,13(46)44-7-3-11(4-8-44)12(45)43-9-10-1-5-42-6-2-10)15(25,26)16(27,28)17(29,30)18(31,32)19(33,34)20(35,36)21(37,38)22(39,40)41/h1-2,5-6,11H,3-4,7-9H2,(H,43,45). The third kappa shape index (κ3) is 5.76. The van der Waals surface area contributed by atoms with Gasteiger partial charge in [0.05, 0.1) is 0 Å². The second kappa shape index (κ2) is 11.8. The zero-order chi connectivity index (χ0) is 36.2. The lowest BCUT2D eigenvalue weighted by Gasteiger charge is -2.44. The maximum Gasteiger partial charge on any atom is 0.460 e. The van der Waals surface area contributed by atoms with Crippen molar-refractivity contribution in [2.45, 2.75) is 72.9 Å². The molecule has 1 aromatic rings. The monoisotopic (exact) mass is 715 g/mol. The van der Waals surface area contributed by atoms with E-state index in [1.807, 2.05) is 0 Å². The lowest BCUT2D eigenvalue weighted by Crippen LogP contribution is -2.76. The van der Waals surface area contributed by atoms with Crippen molar-refractivity contribution >= 4 is 11.8 Å². The molecule has 5 nitrogen and oxygen atoms in total. The van der Waals surface area contributed by atoms with Crippen molar-refractivity contribution in [3.63, 3.8) is 0 Å². The van der Waals surface area contributed by atoms with Gasteiger partial charge in [-0.2, -0.15) is 83.4 Å². The Kier molecular flexibility index (Phi) is 9.97. The molecule has 1 N–H and O–H groups in total. The summed E-state index contributed by atoms with van der Waals surface area (Å²) in [5.41, 5.74) is 0.497. The highest BCUT2D eigenvalue weighted by Gasteiger charge is 2.97. The molecule has 2 amide bonds. The highest BCUT2D eigenvalue weighted by atomic mass is 19.4. The smallest absolute Gasteiger partial charge is 0.352 e. The number of carbonyl (C=O) groups excluding carboxylic acids is 2. The van der Waals surface area contributed by atoms with Crippen LogP contribution in [0.25, 0.3) is 0 Å². The van der Waals surface area contributed by atoms with Crippen LogP contribution in [0.15, 0.2) is 24.5 Å². The minimum atomic E-state index is -9.06. The molecule has 2 heterocycles. The first-order chi connectivity index (χ1) is 20.4. The first-order valence-electron chi connectivity index (χ1n) is 11.9. The van der Waals surface area contributed by atoms with Gasteiger partial charge < -0.3 is 10.2 Å². The lowest BCUT2D eigenvalue weighted by molar-refractivity contribution is -0.467. The van der Waals surface area contributed by atoms with Crippen molar-refractivity contribution in [2.24, 2.45) is 5.92 Å². The van der Waals surface area contributed by atoms with Gasteiger partial charge in [-0.3, -0.25) is 14.6 Å². The molecule has 0 spiro atoms. The maximum absolute atomic E-state index is 14.3. The Bertz CT molecular complexity index is 1260. The first kappa shape index (κ1) is 38.9. The van der Waals surface area contributed by atoms with Crippen molar-refractivity contribution in [1.29, 1.82) is 0 Å². The van der Waals surface area contributed by atoms with Crippen molar-refractivity contribution in [3.8, 4) is 0 Å². The van der Waals surface area contributed by atoms with Crippen LogP contribution < -0.4 is 5.32 Å². The molecule has 1 aliphatic rings. The van der Waals surface area contributed by atoms with Gasteiger partial charge in [0.25, 0.3) is 5.91 Å². The molecule has 1 fully saturated rings. The third-order valence-electron chi connectivity index (χ3n) is 6.75. The molecule has 264 valence electrons. The van der Waals surface area contributed by atoms with Crippen LogP contribution in [0.3, 0.4) is 0 Å². The summed E-state index contributed by atoms with van der Waals surface area (Å²) in [6.45, 7) is -2.50. The number of rotatable bonds is 11. The summed E-state index contributed by atoms with van der Waals surface area (Å²) in [6, 6.07) is 2.90. The Morgan fingerprint density at radius 3 is 1.39 bits per heavy atom. The third-order valence-corrected chi connectivity index (χ3v) is 6.75. The number of alkyl halides is 19. The summed E-state index contributed by atoms with van der Waals surface area (Å²) in [4.78, 5) is 27.5. The van der Waals surface area contributed by atoms with Crippen molar-refractivity contribution in [1.82, 2.24) is 15.2 Å². The Morgan fingerprint density at radius 1 is 0.630 bits per heavy atom. The molecule has 46 heavy (non-hydrogen) atoms. The van der Waals surface area contributed by atoms with Gasteiger partial charge in [0, 0.05) is 37.9 Å². The molecule has 0 aromatic carbocycles. The van der Waals surface area contributed by atoms with Gasteiger partial charge in [-0.1, -0.05) is 0 Å². The number of aromatic nitrogens is 1. The van der Waals surface area contributed by atoms with E-state index in [9.17, 15) is 93.0 Å². The molecular formula is C22H16F19N3O2. The predicted molar refractivity (Wildman–Crippen MR) is 111 cm³/mol. The fourth-order valence-electron chi connectivity index (χ4n) is 3.87. The lowest BCUT2D eigenvalue weighted by atomic mass is 9.87. The van der Waals surface area contributed by atoms with Crippen LogP contribution in [0.2, 0.25) is 0 Å². The second-order valence-electron chi connectivity index (χ2n) is 9.73. The molecule has 0 saturated carbocycles. The molecule has 0 aliphatic carbocycles. The molecular weight excluding hydrogens is 699 g/mol. The summed E-state index contributed by atoms with van der Waals surface area (Å²) >= 11 is 0. The van der Waals surface area contributed by atoms with Crippen LogP contribution >= 0.6 is 0 Å². The Balaban J connectivity index is 2.32. The van der Waals surface area contributed by atoms with Gasteiger partial charge in [0.1, 0.15) is 0 Å². The number of amides is 2. The highest BCUT2D eigenvalue weighted by molar-refractivity contribution is 5.85. The normalized spacial score (nSPS) is 17.2. The van der Waals surface area contributed by atoms with Gasteiger partial charge >= 0.3 is 53.6 Å². The SMILES string of the molecule is O=C(NCc1ccncc1)C1CCN(C(=O)C(F)(F)C(F)(F)C(F)(F)C(F)(F)C(F)(F)C(F)(F)C(F)(F)C(F)(F)C(F)(F)F)CC1. The summed E-state index contributed by atoms with van der Waals surface area (Å²) in [7, 11) is 0. The van der Waals surface area contributed by atoms with E-state index in [0.29, 0.717) is 5.56 Å². The molecule has 1 aromatic heterocycles. The summed E-state index contributed by atoms with van der Waals surface area (Å²) < 4.78 is 257. The molecule has 0 atom stereocenters. The van der Waals surface area contributed by atoms with E-state index in [-0.39, 0.29) is 6.54 Å². The van der Waals surface area contributed by atoms with E-state index >= 15 is 0 Å². The van der Waals surface area contributed by atoms with Crippen LogP contribution in [-0.2, 0) is 16.1 Å². The van der Waals surface area contributed by atoms with Crippen LogP contribution in [0.1, 0.15) is 18.4 Å². The van der Waals surface area contributed by atoms with Crippen LogP contribution in [-0.4, -0.2) is 88.3 Å². The van der Waals surface area contributed by atoms with Crippen molar-refractivity contribution in [3.05, 3.63) is 30.1 Å². The highest BCUT2D eigenvalue weighted by Crippen LogP contribution is 2.65. The molecule has 0 bridgehead atoms. The number of hydrogen-bond donors (Lipinski definition) is 1. The number of nitrogens with one attached hydrogen (secondary N) is 1. The van der Waals surface area contributed by atoms with E-state index < -0.39 is 102 Å². The largest absolute Gasteiger partial charge is 0.460 e. The van der Waals surface area contributed by atoms with Gasteiger partial charge in [0.15, 0.2) is 0 Å². The number of halogens is 19. The summed E-state index contributed by atoms with van der Waals surface area (Å²) in [6.07, 6.45) is -6.68. The van der Waals surface area contributed by atoms with Crippen LogP contribution in [0.5, 0.6) is 0 Å². The zero-order valence-electron chi connectivity index (χ0n) is 21.8. The number of nitrogens with zero attached hydrogens (tertiary/aromatic N) is 2. The first-order valence-corrected chi connectivity index (χ1v) is 11.9. The second-order valence-corrected chi connectivity index (χ2v) is 9.73. The minimum absolute atomic E-state index is 0.127. The number of piperidine rings is 1. The number of pyridine rings is 1. The molecule has 0 radical (unpaired) electrons. The molecule has 24 heteroatoms. The predicted octanol–water partition coefficient (Wildman–Crippen LogP) is 6.58. The van der Waals surface area contributed by atoms with E-state index in [4.69, 9.17) is 0 Å². The zero-order valence-corrected chi connectivity index (χ0v) is 21.8. The van der Waals surface area contributed by atoms with Crippen molar-refractivity contribution < 1.29 is 93.0 Å². The quantitative estimate of drug-likeness (QED) is 0.264. The van der Waals surface area contributed by atoms with E-state index in [2.05, 4.69) is 10.3 Å². The van der Waals surface area contributed by atoms with Crippen molar-refractivity contribution in [2.75, 3.05) is 13.1 Å². The van der Waals surface area contributed by atoms with E-state index in [1.54, 1.807) is 0 Å². The van der Waals surface area contributed by atoms with Crippen LogP contribution in [0.4, 0.5) is 83.4 Å². The minimum Gasteiger partial charge on any atom is -0.352 e. The fraction of sp³-hybridized carbons (Fsp3) is 0.682. The number of likely N-dealkylation sites (tertiary alicyclic amines) is 1. The van der Waals surface area contributed by atoms with Gasteiger partial charge in [0.2, 0.25) is 5.91 Å². The Hall–Kier alpha value is -3.24. The average molecular weight is 715 g/mol. The number of carbonyl (C=O) groups is 2. The molecule has 0 unspecified atom stereocenters. The molecule has 1 saturated heterocycles. The summed E-state index contributed by atoms with van der Waals surface area (Å²) in [5.74, 6) is -74.0. The fourth-order valence-corrected chi connectivity index (χ4v) is 3.87. The van der Waals surface area contributed by atoms with Gasteiger partial charge in [-0.25, -0.2) is 0 Å². The van der Waals surface area contributed by atoms with Gasteiger partial charge in [-0.15, -0.1) is 0 Å². The van der Waals surface area contributed by atoms with Gasteiger partial charge in [-0.05, 0) is 30.5 Å². The molecule has 1 aliphatic heterocycles. The van der Waals surface area contributed by atoms with E-state index in [0.717, 1.165) is 0 Å². The van der Waals surface area contributed by atoms with Crippen LogP contribution in [0, 0.1) is 5.92 Å².